The van der Waals surface area contributed by atoms with Crippen LogP contribution in [0.4, 0.5) is 5.82 Å². The summed E-state index contributed by atoms with van der Waals surface area (Å²) < 4.78 is 0. The summed E-state index contributed by atoms with van der Waals surface area (Å²) in [5, 5.41) is 8.09. The van der Waals surface area contributed by atoms with Crippen molar-refractivity contribution >= 4 is 12.2 Å². The van der Waals surface area contributed by atoms with Gasteiger partial charge in [0.2, 0.25) is 6.41 Å². The standard InChI is InChI=1S/C13H17N3O/c1-4-5-6-9-16(10-17)13-8-7-12(11(2)3)14-15-13/h4-11H,1-3H3/b5-4-,9-6-. The maximum atomic E-state index is 10.9. The van der Waals surface area contributed by atoms with Crippen molar-refractivity contribution in [2.24, 2.45) is 0 Å². The molecule has 1 rings (SSSR count). The SMILES string of the molecule is C/C=C\C=C/N(C=O)c1ccc(C(C)C)nn1. The van der Waals surface area contributed by atoms with E-state index in [4.69, 9.17) is 0 Å². The Morgan fingerprint density at radius 2 is 2.00 bits per heavy atom. The van der Waals surface area contributed by atoms with Gasteiger partial charge in [0.15, 0.2) is 5.82 Å². The van der Waals surface area contributed by atoms with Gasteiger partial charge in [-0.2, -0.15) is 5.10 Å². The number of rotatable bonds is 5. The van der Waals surface area contributed by atoms with Gasteiger partial charge in [-0.15, -0.1) is 5.10 Å². The van der Waals surface area contributed by atoms with E-state index in [2.05, 4.69) is 10.2 Å². The van der Waals surface area contributed by atoms with E-state index in [1.165, 1.54) is 4.90 Å². The molecule has 1 aromatic heterocycles. The van der Waals surface area contributed by atoms with Gasteiger partial charge in [-0.25, -0.2) is 0 Å². The van der Waals surface area contributed by atoms with Gasteiger partial charge in [-0.1, -0.05) is 26.0 Å². The first kappa shape index (κ1) is 13.1. The molecule has 0 aliphatic rings. The number of hydrogen-bond donors (Lipinski definition) is 0. The molecule has 4 heteroatoms. The third kappa shape index (κ3) is 3.83. The Labute approximate surface area is 102 Å². The van der Waals surface area contributed by atoms with Crippen LogP contribution in [-0.2, 0) is 4.79 Å². The van der Waals surface area contributed by atoms with Crippen LogP contribution in [0.25, 0.3) is 0 Å². The number of nitrogens with zero attached hydrogens (tertiary/aromatic N) is 3. The molecule has 0 unspecified atom stereocenters. The van der Waals surface area contributed by atoms with Gasteiger partial charge >= 0.3 is 0 Å². The third-order valence-corrected chi connectivity index (χ3v) is 2.19. The quantitative estimate of drug-likeness (QED) is 0.578. The van der Waals surface area contributed by atoms with Gasteiger partial charge < -0.3 is 0 Å². The van der Waals surface area contributed by atoms with E-state index in [1.807, 2.05) is 39.0 Å². The van der Waals surface area contributed by atoms with Gasteiger partial charge in [0, 0.05) is 6.20 Å². The van der Waals surface area contributed by atoms with Crippen LogP contribution in [0.1, 0.15) is 32.4 Å². The number of carbonyl (C=O) groups is 1. The molecule has 0 aliphatic carbocycles. The lowest BCUT2D eigenvalue weighted by atomic mass is 10.1. The molecule has 0 fully saturated rings. The molecule has 0 bridgehead atoms. The zero-order chi connectivity index (χ0) is 12.7. The van der Waals surface area contributed by atoms with Crippen LogP contribution >= 0.6 is 0 Å². The number of anilines is 1. The van der Waals surface area contributed by atoms with Crippen molar-refractivity contribution in [2.45, 2.75) is 26.7 Å². The molecule has 0 N–H and O–H groups in total. The highest BCUT2D eigenvalue weighted by atomic mass is 16.1. The van der Waals surface area contributed by atoms with Gasteiger partial charge in [-0.3, -0.25) is 9.69 Å². The molecule has 0 saturated carbocycles. The number of allylic oxidation sites excluding steroid dienone is 3. The van der Waals surface area contributed by atoms with Crippen molar-refractivity contribution < 1.29 is 4.79 Å². The van der Waals surface area contributed by atoms with Crippen LogP contribution in [0.2, 0.25) is 0 Å². The molecule has 0 atom stereocenters. The smallest absolute Gasteiger partial charge is 0.219 e. The highest BCUT2D eigenvalue weighted by Gasteiger charge is 2.05. The van der Waals surface area contributed by atoms with Crippen LogP contribution in [0.15, 0.2) is 36.6 Å². The Morgan fingerprint density at radius 1 is 1.24 bits per heavy atom. The highest BCUT2D eigenvalue weighted by molar-refractivity contribution is 5.75. The van der Waals surface area contributed by atoms with E-state index in [-0.39, 0.29) is 0 Å². The summed E-state index contributed by atoms with van der Waals surface area (Å²) >= 11 is 0. The minimum atomic E-state index is 0.333. The largest absolute Gasteiger partial charge is 0.278 e. The summed E-state index contributed by atoms with van der Waals surface area (Å²) in [6, 6.07) is 3.67. The van der Waals surface area contributed by atoms with E-state index < -0.39 is 0 Å². The van der Waals surface area contributed by atoms with Gasteiger partial charge in [-0.05, 0) is 31.1 Å². The molecule has 1 heterocycles. The number of aromatic nitrogens is 2. The monoisotopic (exact) mass is 231 g/mol. The highest BCUT2D eigenvalue weighted by Crippen LogP contribution is 2.13. The average Bonchev–Trinajstić information content (AvgIpc) is 2.35. The third-order valence-electron chi connectivity index (χ3n) is 2.19. The van der Waals surface area contributed by atoms with E-state index in [0.29, 0.717) is 18.1 Å². The summed E-state index contributed by atoms with van der Waals surface area (Å²) in [6.45, 7) is 6.01. The van der Waals surface area contributed by atoms with Gasteiger partial charge in [0.05, 0.1) is 5.69 Å². The lowest BCUT2D eigenvalue weighted by Gasteiger charge is -2.10. The van der Waals surface area contributed by atoms with Crippen molar-refractivity contribution in [2.75, 3.05) is 4.90 Å². The van der Waals surface area contributed by atoms with Crippen molar-refractivity contribution in [3.05, 3.63) is 42.3 Å². The topological polar surface area (TPSA) is 46.1 Å². The Kier molecular flexibility index (Phi) is 5.07. The zero-order valence-electron chi connectivity index (χ0n) is 10.4. The molecule has 0 aromatic carbocycles. The Balaban J connectivity index is 2.85. The molecule has 17 heavy (non-hydrogen) atoms. The second kappa shape index (κ2) is 6.58. The fourth-order valence-electron chi connectivity index (χ4n) is 1.20. The summed E-state index contributed by atoms with van der Waals surface area (Å²) in [4.78, 5) is 12.3. The van der Waals surface area contributed by atoms with Crippen LogP contribution in [0, 0.1) is 0 Å². The van der Waals surface area contributed by atoms with Crippen molar-refractivity contribution in [3.63, 3.8) is 0 Å². The fraction of sp³-hybridized carbons (Fsp3) is 0.308. The van der Waals surface area contributed by atoms with Gasteiger partial charge in [0.25, 0.3) is 0 Å². The summed E-state index contributed by atoms with van der Waals surface area (Å²) in [5.41, 5.74) is 0.914. The van der Waals surface area contributed by atoms with Crippen LogP contribution < -0.4 is 4.90 Å². The molecular weight excluding hydrogens is 214 g/mol. The molecule has 90 valence electrons. The van der Waals surface area contributed by atoms with E-state index >= 15 is 0 Å². The Bertz CT molecular complexity index is 407. The second-order valence-electron chi connectivity index (χ2n) is 3.85. The van der Waals surface area contributed by atoms with Crippen molar-refractivity contribution in [3.8, 4) is 0 Å². The fourth-order valence-corrected chi connectivity index (χ4v) is 1.20. The molecule has 0 saturated heterocycles. The first-order valence-electron chi connectivity index (χ1n) is 5.55. The summed E-state index contributed by atoms with van der Waals surface area (Å²) in [5.74, 6) is 0.852. The number of carbonyl (C=O) groups excluding carboxylic acids is 1. The van der Waals surface area contributed by atoms with E-state index in [1.54, 1.807) is 18.3 Å². The maximum Gasteiger partial charge on any atom is 0.219 e. The van der Waals surface area contributed by atoms with Crippen LogP contribution in [0.3, 0.4) is 0 Å². The molecule has 1 aromatic rings. The molecule has 4 nitrogen and oxygen atoms in total. The summed E-state index contributed by atoms with van der Waals surface area (Å²) in [7, 11) is 0. The minimum Gasteiger partial charge on any atom is -0.278 e. The Morgan fingerprint density at radius 3 is 2.47 bits per heavy atom. The van der Waals surface area contributed by atoms with Crippen LogP contribution in [-0.4, -0.2) is 16.6 Å². The van der Waals surface area contributed by atoms with Gasteiger partial charge in [0.1, 0.15) is 0 Å². The average molecular weight is 231 g/mol. The minimum absolute atomic E-state index is 0.333. The maximum absolute atomic E-state index is 10.9. The van der Waals surface area contributed by atoms with E-state index in [9.17, 15) is 4.79 Å². The molecule has 0 aliphatic heterocycles. The molecular formula is C13H17N3O. The number of hydrogen-bond acceptors (Lipinski definition) is 3. The lowest BCUT2D eigenvalue weighted by molar-refractivity contribution is -0.107. The van der Waals surface area contributed by atoms with E-state index in [0.717, 1.165) is 5.69 Å². The Hall–Kier alpha value is -1.97. The molecule has 0 radical (unpaired) electrons. The molecule has 1 amide bonds. The summed E-state index contributed by atoms with van der Waals surface area (Å²) in [6.07, 6.45) is 7.84. The second-order valence-corrected chi connectivity index (χ2v) is 3.85. The normalized spacial score (nSPS) is 11.5. The van der Waals surface area contributed by atoms with Crippen molar-refractivity contribution in [1.29, 1.82) is 0 Å². The predicted octanol–water partition coefficient (Wildman–Crippen LogP) is 2.65. The first-order valence-corrected chi connectivity index (χ1v) is 5.55. The zero-order valence-corrected chi connectivity index (χ0v) is 10.4. The van der Waals surface area contributed by atoms with Crippen LogP contribution in [0.5, 0.6) is 0 Å². The number of amides is 1. The lowest BCUT2D eigenvalue weighted by Crippen LogP contribution is -2.15. The van der Waals surface area contributed by atoms with Crippen molar-refractivity contribution in [1.82, 2.24) is 10.2 Å². The molecule has 0 spiro atoms. The predicted molar refractivity (Wildman–Crippen MR) is 68.6 cm³/mol. The first-order chi connectivity index (χ1) is 8.19.